The second kappa shape index (κ2) is 9.43. The minimum Gasteiger partial charge on any atom is -0.492 e. The first-order chi connectivity index (χ1) is 18.5. The highest BCUT2D eigenvalue weighted by atomic mass is 32.1. The Morgan fingerprint density at radius 3 is 2.69 bits per heavy atom. The molecule has 1 saturated carbocycles. The summed E-state index contributed by atoms with van der Waals surface area (Å²) < 4.78 is 13.5. The number of carbonyl (C=O) groups excluding carboxylic acids is 2. The van der Waals surface area contributed by atoms with E-state index in [9.17, 15) is 9.59 Å². The molecule has 39 heavy (non-hydrogen) atoms. The van der Waals surface area contributed by atoms with Crippen molar-refractivity contribution in [1.82, 2.24) is 24.6 Å². The number of benzene rings is 1. The first-order valence-electron chi connectivity index (χ1n) is 13.7. The van der Waals surface area contributed by atoms with Gasteiger partial charge in [0, 0.05) is 41.9 Å². The number of carbonyl (C=O) groups is 2. The van der Waals surface area contributed by atoms with Gasteiger partial charge in [-0.2, -0.15) is 5.10 Å². The molecule has 0 bridgehead atoms. The Balaban J connectivity index is 1.15. The lowest BCUT2D eigenvalue weighted by molar-refractivity contribution is -0.160. The highest BCUT2D eigenvalue weighted by Gasteiger charge is 2.55. The predicted octanol–water partition coefficient (Wildman–Crippen LogP) is 5.02. The van der Waals surface area contributed by atoms with E-state index in [0.29, 0.717) is 19.7 Å². The van der Waals surface area contributed by atoms with Gasteiger partial charge in [0.2, 0.25) is 5.91 Å². The number of thiazole rings is 1. The van der Waals surface area contributed by atoms with Crippen molar-refractivity contribution in [1.29, 1.82) is 0 Å². The molecule has 0 N–H and O–H groups in total. The second-order valence-electron chi connectivity index (χ2n) is 12.2. The standard InChI is InChI=1S/C29H35N5O4S/c1-17(2)34-25(30-16-31-34)26-32-24-20-7-6-18(12-21(20)37-11-8-22(24)39-26)19-14-33(15-19)27(36)29(9-10-29)13-23(35)38-28(3,4)5/h6-7,12,16-17,19H,8-11,13-15H2,1-5H3. The first-order valence-corrected chi connectivity index (χ1v) is 14.5. The molecule has 206 valence electrons. The lowest BCUT2D eigenvalue weighted by atomic mass is 9.88. The fraction of sp³-hybridized carbons (Fsp3) is 0.552. The van der Waals surface area contributed by atoms with Gasteiger partial charge < -0.3 is 14.4 Å². The Hall–Kier alpha value is -3.27. The smallest absolute Gasteiger partial charge is 0.307 e. The average Bonchev–Trinajstić information content (AvgIpc) is 3.29. The van der Waals surface area contributed by atoms with Crippen LogP contribution >= 0.6 is 11.3 Å². The molecule has 0 atom stereocenters. The van der Waals surface area contributed by atoms with Gasteiger partial charge in [-0.15, -0.1) is 11.3 Å². The van der Waals surface area contributed by atoms with Crippen LogP contribution in [0.15, 0.2) is 24.5 Å². The fourth-order valence-corrected chi connectivity index (χ4v) is 6.48. The SMILES string of the molecule is CC(C)n1ncnc1-c1nc2c(s1)CCOc1cc(C3CN(C(=O)C4(CC(=O)OC(C)(C)C)CC4)C3)ccc1-2. The third-order valence-corrected chi connectivity index (χ3v) is 8.76. The molecular formula is C29H35N5O4S. The summed E-state index contributed by atoms with van der Waals surface area (Å²) in [5.74, 6) is 1.67. The topological polar surface area (TPSA) is 99.4 Å². The van der Waals surface area contributed by atoms with Crippen molar-refractivity contribution in [3.63, 3.8) is 0 Å². The van der Waals surface area contributed by atoms with E-state index in [1.54, 1.807) is 17.7 Å². The summed E-state index contributed by atoms with van der Waals surface area (Å²) in [6, 6.07) is 6.54. The number of rotatable bonds is 6. The van der Waals surface area contributed by atoms with Crippen LogP contribution < -0.4 is 4.74 Å². The average molecular weight is 550 g/mol. The summed E-state index contributed by atoms with van der Waals surface area (Å²) in [6.45, 7) is 11.6. The van der Waals surface area contributed by atoms with Crippen LogP contribution in [0.4, 0.5) is 0 Å². The van der Waals surface area contributed by atoms with Crippen LogP contribution in [0.2, 0.25) is 0 Å². The molecular weight excluding hydrogens is 514 g/mol. The molecule has 4 heterocycles. The van der Waals surface area contributed by atoms with Crippen LogP contribution in [0, 0.1) is 5.41 Å². The van der Waals surface area contributed by atoms with E-state index in [1.165, 1.54) is 4.88 Å². The highest BCUT2D eigenvalue weighted by molar-refractivity contribution is 7.15. The van der Waals surface area contributed by atoms with E-state index in [-0.39, 0.29) is 30.3 Å². The van der Waals surface area contributed by atoms with E-state index in [1.807, 2.05) is 30.4 Å². The third-order valence-electron chi connectivity index (χ3n) is 7.65. The Kier molecular flexibility index (Phi) is 6.28. The van der Waals surface area contributed by atoms with E-state index in [2.05, 4.69) is 42.1 Å². The molecule has 2 aliphatic heterocycles. The number of nitrogens with zero attached hydrogens (tertiary/aromatic N) is 5. The third kappa shape index (κ3) is 4.95. The van der Waals surface area contributed by atoms with Crippen LogP contribution in [-0.2, 0) is 20.7 Å². The number of likely N-dealkylation sites (tertiary alicyclic amines) is 1. The normalized spacial score (nSPS) is 18.1. The highest BCUT2D eigenvalue weighted by Crippen LogP contribution is 2.52. The maximum atomic E-state index is 13.2. The monoisotopic (exact) mass is 549 g/mol. The van der Waals surface area contributed by atoms with Gasteiger partial charge in [0.15, 0.2) is 10.8 Å². The Morgan fingerprint density at radius 2 is 2.00 bits per heavy atom. The number of esters is 1. The molecule has 3 aliphatic rings. The molecule has 3 aromatic rings. The van der Waals surface area contributed by atoms with Crippen molar-refractivity contribution in [3.8, 4) is 27.8 Å². The Morgan fingerprint density at radius 1 is 1.23 bits per heavy atom. The van der Waals surface area contributed by atoms with Gasteiger partial charge in [0.1, 0.15) is 17.7 Å². The summed E-state index contributed by atoms with van der Waals surface area (Å²) in [7, 11) is 0. The summed E-state index contributed by atoms with van der Waals surface area (Å²) >= 11 is 1.65. The molecule has 1 aromatic carbocycles. The lowest BCUT2D eigenvalue weighted by Gasteiger charge is -2.41. The predicted molar refractivity (Wildman–Crippen MR) is 148 cm³/mol. The molecule has 0 unspecified atom stereocenters. The van der Waals surface area contributed by atoms with Crippen LogP contribution in [-0.4, -0.2) is 61.8 Å². The summed E-state index contributed by atoms with van der Waals surface area (Å²) in [5, 5.41) is 5.24. The van der Waals surface area contributed by atoms with Gasteiger partial charge in [-0.1, -0.05) is 6.07 Å². The molecule has 0 radical (unpaired) electrons. The van der Waals surface area contributed by atoms with Gasteiger partial charge in [0.25, 0.3) is 0 Å². The molecule has 1 amide bonds. The Bertz CT molecular complexity index is 1430. The zero-order chi connectivity index (χ0) is 27.5. The molecule has 9 nitrogen and oxygen atoms in total. The van der Waals surface area contributed by atoms with E-state index in [4.69, 9.17) is 14.5 Å². The van der Waals surface area contributed by atoms with Crippen LogP contribution in [0.25, 0.3) is 22.1 Å². The second-order valence-corrected chi connectivity index (χ2v) is 13.3. The van der Waals surface area contributed by atoms with Crippen LogP contribution in [0.1, 0.15) is 76.3 Å². The molecule has 1 saturated heterocycles. The van der Waals surface area contributed by atoms with Crippen molar-refractivity contribution >= 4 is 23.2 Å². The zero-order valence-electron chi connectivity index (χ0n) is 23.2. The number of hydrogen-bond acceptors (Lipinski definition) is 8. The summed E-state index contributed by atoms with van der Waals surface area (Å²) in [5.41, 5.74) is 2.00. The number of ether oxygens (including phenoxy) is 2. The van der Waals surface area contributed by atoms with Gasteiger partial charge in [-0.3, -0.25) is 9.59 Å². The van der Waals surface area contributed by atoms with Gasteiger partial charge in [0.05, 0.1) is 24.1 Å². The summed E-state index contributed by atoms with van der Waals surface area (Å²) in [4.78, 5) is 38.2. The fourth-order valence-electron chi connectivity index (χ4n) is 5.43. The van der Waals surface area contributed by atoms with Crippen molar-refractivity contribution in [2.24, 2.45) is 5.41 Å². The maximum Gasteiger partial charge on any atom is 0.307 e. The quantitative estimate of drug-likeness (QED) is 0.398. The molecule has 1 aliphatic carbocycles. The number of hydrogen-bond donors (Lipinski definition) is 0. The van der Waals surface area contributed by atoms with Gasteiger partial charge in [-0.25, -0.2) is 14.6 Å². The van der Waals surface area contributed by atoms with E-state index >= 15 is 0 Å². The van der Waals surface area contributed by atoms with Crippen LogP contribution in [0.5, 0.6) is 5.75 Å². The number of aromatic nitrogens is 4. The van der Waals surface area contributed by atoms with Crippen molar-refractivity contribution in [2.75, 3.05) is 19.7 Å². The van der Waals surface area contributed by atoms with Crippen molar-refractivity contribution in [2.45, 2.75) is 77.9 Å². The molecule has 10 heteroatoms. The minimum atomic E-state index is -0.567. The van der Waals surface area contributed by atoms with Crippen molar-refractivity contribution in [3.05, 3.63) is 35.0 Å². The van der Waals surface area contributed by atoms with E-state index < -0.39 is 11.0 Å². The van der Waals surface area contributed by atoms with E-state index in [0.717, 1.165) is 52.7 Å². The number of amides is 1. The maximum absolute atomic E-state index is 13.2. The largest absolute Gasteiger partial charge is 0.492 e. The van der Waals surface area contributed by atoms with Crippen molar-refractivity contribution < 1.29 is 19.1 Å². The molecule has 0 spiro atoms. The lowest BCUT2D eigenvalue weighted by Crippen LogP contribution is -2.51. The summed E-state index contributed by atoms with van der Waals surface area (Å²) in [6.07, 6.45) is 4.05. The molecule has 6 rings (SSSR count). The van der Waals surface area contributed by atoms with Gasteiger partial charge >= 0.3 is 5.97 Å². The molecule has 2 fully saturated rings. The minimum absolute atomic E-state index is 0.0875. The first kappa shape index (κ1) is 26.0. The molecule has 2 aromatic heterocycles. The van der Waals surface area contributed by atoms with Crippen LogP contribution in [0.3, 0.4) is 0 Å². The zero-order valence-corrected chi connectivity index (χ0v) is 24.0. The van der Waals surface area contributed by atoms with Gasteiger partial charge in [-0.05, 0) is 65.2 Å². The Labute approximate surface area is 232 Å². The number of fused-ring (bicyclic) bond motifs is 3.